The molecule has 0 amide bonds. The summed E-state index contributed by atoms with van der Waals surface area (Å²) < 4.78 is 5.82. The molecule has 0 aromatic carbocycles. The van der Waals surface area contributed by atoms with Gasteiger partial charge in [0.05, 0.1) is 6.61 Å². The largest absolute Gasteiger partial charge is 0.456 e. The van der Waals surface area contributed by atoms with Crippen molar-refractivity contribution in [3.05, 3.63) is 0 Å². The second-order valence-electron chi connectivity index (χ2n) is 6.84. The van der Waals surface area contributed by atoms with Crippen molar-refractivity contribution in [3.8, 4) is 0 Å². The van der Waals surface area contributed by atoms with Crippen LogP contribution in [0.15, 0.2) is 0 Å². The number of hydrogen-bond donors (Lipinski definition) is 2. The van der Waals surface area contributed by atoms with E-state index in [0.717, 1.165) is 51.9 Å². The Morgan fingerprint density at radius 3 is 2.13 bits per heavy atom. The molecule has 8 heteroatoms. The first-order valence-corrected chi connectivity index (χ1v) is 8.47. The Labute approximate surface area is 135 Å². The van der Waals surface area contributed by atoms with Crippen molar-refractivity contribution in [3.63, 3.8) is 0 Å². The number of ether oxygens (including phenoxy) is 1. The average molecular weight is 328 g/mol. The minimum atomic E-state index is -0.552. The topological polar surface area (TPSA) is 87.3 Å². The van der Waals surface area contributed by atoms with Gasteiger partial charge in [0, 0.05) is 0 Å². The molecule has 4 saturated heterocycles. The zero-order valence-electron chi connectivity index (χ0n) is 13.2. The number of piperidine rings is 2. The number of hydrogen-bond acceptors (Lipinski definition) is 8. The molecule has 0 radical (unpaired) electrons. The molecule has 23 heavy (non-hydrogen) atoms. The van der Waals surface area contributed by atoms with Crippen LogP contribution < -0.4 is 10.6 Å². The molecule has 4 fully saturated rings. The Morgan fingerprint density at radius 1 is 0.870 bits per heavy atom. The maximum Gasteiger partial charge on any atom is 0.314 e. The Balaban J connectivity index is 1.44. The lowest BCUT2D eigenvalue weighted by molar-refractivity contribution is -0.316. The van der Waals surface area contributed by atoms with E-state index in [1.165, 1.54) is 0 Å². The maximum absolute atomic E-state index is 12.8. The van der Waals surface area contributed by atoms with Crippen LogP contribution in [0.25, 0.3) is 0 Å². The molecule has 0 aromatic heterocycles. The predicted octanol–water partition coefficient (Wildman–Crippen LogP) is -0.318. The van der Waals surface area contributed by atoms with Gasteiger partial charge in [0.25, 0.3) is 0 Å². The maximum atomic E-state index is 12.8. The lowest BCUT2D eigenvalue weighted by Gasteiger charge is -2.37. The van der Waals surface area contributed by atoms with Gasteiger partial charge in [-0.2, -0.15) is 0 Å². The van der Waals surface area contributed by atoms with Crippen LogP contribution in [0.3, 0.4) is 0 Å². The van der Waals surface area contributed by atoms with E-state index in [-0.39, 0.29) is 31.2 Å². The van der Waals surface area contributed by atoms with Crippen molar-refractivity contribution in [2.24, 2.45) is 5.92 Å². The Morgan fingerprint density at radius 2 is 1.43 bits per heavy atom. The van der Waals surface area contributed by atoms with Crippen molar-refractivity contribution < 1.29 is 29.1 Å². The number of esters is 1. The molecule has 4 heterocycles. The summed E-state index contributed by atoms with van der Waals surface area (Å²) >= 11 is 0. The van der Waals surface area contributed by atoms with Gasteiger partial charge in [-0.25, -0.2) is 19.6 Å². The van der Waals surface area contributed by atoms with E-state index in [2.05, 4.69) is 10.6 Å². The lowest BCUT2D eigenvalue weighted by Crippen LogP contribution is -2.53. The highest BCUT2D eigenvalue weighted by molar-refractivity contribution is 5.74. The molecule has 2 spiro atoms. The third-order valence-corrected chi connectivity index (χ3v) is 5.57. The van der Waals surface area contributed by atoms with Crippen LogP contribution in [-0.4, -0.2) is 62.7 Å². The SMILES string of the molecule is O=C(OC1COOC12CCNCC2)C1COOC12CCNCC2. The first-order valence-electron chi connectivity index (χ1n) is 8.47. The summed E-state index contributed by atoms with van der Waals surface area (Å²) in [7, 11) is 0. The van der Waals surface area contributed by atoms with Crippen molar-refractivity contribution in [1.29, 1.82) is 0 Å². The third kappa shape index (κ3) is 2.77. The minimum absolute atomic E-state index is 0.252. The van der Waals surface area contributed by atoms with Crippen LogP contribution in [0, 0.1) is 5.92 Å². The third-order valence-electron chi connectivity index (χ3n) is 5.57. The van der Waals surface area contributed by atoms with Crippen LogP contribution in [0.4, 0.5) is 0 Å². The summed E-state index contributed by atoms with van der Waals surface area (Å²) in [6, 6.07) is 0. The van der Waals surface area contributed by atoms with Gasteiger partial charge >= 0.3 is 5.97 Å². The molecule has 2 N–H and O–H groups in total. The first kappa shape index (κ1) is 15.7. The number of nitrogens with one attached hydrogen (secondary N) is 2. The van der Waals surface area contributed by atoms with Crippen LogP contribution >= 0.6 is 0 Å². The highest BCUT2D eigenvalue weighted by Gasteiger charge is 2.55. The summed E-state index contributed by atoms with van der Waals surface area (Å²) in [6.07, 6.45) is 2.69. The second kappa shape index (κ2) is 6.27. The molecular weight excluding hydrogens is 304 g/mol. The van der Waals surface area contributed by atoms with Crippen molar-refractivity contribution in [1.82, 2.24) is 10.6 Å². The Kier molecular flexibility index (Phi) is 4.29. The zero-order chi connectivity index (χ0) is 15.8. The van der Waals surface area contributed by atoms with Crippen LogP contribution in [0.1, 0.15) is 25.7 Å². The fourth-order valence-corrected chi connectivity index (χ4v) is 4.03. The van der Waals surface area contributed by atoms with Crippen LogP contribution in [-0.2, 0) is 29.1 Å². The summed E-state index contributed by atoms with van der Waals surface area (Å²) in [5, 5.41) is 6.57. The van der Waals surface area contributed by atoms with Crippen LogP contribution in [0.5, 0.6) is 0 Å². The molecule has 2 unspecified atom stereocenters. The van der Waals surface area contributed by atoms with Gasteiger partial charge in [0.1, 0.15) is 23.7 Å². The molecular formula is C15H24N2O6. The van der Waals surface area contributed by atoms with E-state index in [1.807, 2.05) is 0 Å². The highest BCUT2D eigenvalue weighted by atomic mass is 17.2. The molecule has 130 valence electrons. The second-order valence-corrected chi connectivity index (χ2v) is 6.84. The van der Waals surface area contributed by atoms with Gasteiger partial charge in [-0.05, 0) is 51.9 Å². The number of carbonyl (C=O) groups is 1. The van der Waals surface area contributed by atoms with Gasteiger partial charge in [-0.15, -0.1) is 0 Å². The smallest absolute Gasteiger partial charge is 0.314 e. The summed E-state index contributed by atoms with van der Waals surface area (Å²) in [4.78, 5) is 34.1. The molecule has 0 aromatic rings. The first-order chi connectivity index (χ1) is 11.2. The fraction of sp³-hybridized carbons (Fsp3) is 0.933. The molecule has 0 saturated carbocycles. The Hall–Kier alpha value is -0.770. The van der Waals surface area contributed by atoms with Gasteiger partial charge < -0.3 is 15.4 Å². The van der Waals surface area contributed by atoms with Gasteiger partial charge in [-0.3, -0.25) is 4.79 Å². The van der Waals surface area contributed by atoms with E-state index in [0.29, 0.717) is 0 Å². The summed E-state index contributed by atoms with van der Waals surface area (Å²) in [6.45, 7) is 3.85. The van der Waals surface area contributed by atoms with Crippen molar-refractivity contribution >= 4 is 5.97 Å². The van der Waals surface area contributed by atoms with Gasteiger partial charge in [0.2, 0.25) is 0 Å². The summed E-state index contributed by atoms with van der Waals surface area (Å²) in [5.41, 5.74) is -1.06. The molecule has 8 nitrogen and oxygen atoms in total. The predicted molar refractivity (Wildman–Crippen MR) is 77.1 cm³/mol. The van der Waals surface area contributed by atoms with Crippen molar-refractivity contribution in [2.75, 3.05) is 39.4 Å². The van der Waals surface area contributed by atoms with Crippen LogP contribution in [0.2, 0.25) is 0 Å². The van der Waals surface area contributed by atoms with Crippen molar-refractivity contribution in [2.45, 2.75) is 43.0 Å². The molecule has 2 atom stereocenters. The van der Waals surface area contributed by atoms with E-state index >= 15 is 0 Å². The molecule has 0 bridgehead atoms. The zero-order valence-corrected chi connectivity index (χ0v) is 13.2. The standard InChI is InChI=1S/C15H24N2O6/c18-13(11-9-19-22-14(11)1-5-16-6-2-14)21-12-10-20-23-15(12)3-7-17-8-4-15/h11-12,16-17H,1-10H2. The molecule has 4 rings (SSSR count). The van der Waals surface area contributed by atoms with E-state index in [1.54, 1.807) is 0 Å². The highest BCUT2D eigenvalue weighted by Crippen LogP contribution is 2.40. The molecule has 4 aliphatic rings. The quantitative estimate of drug-likeness (QED) is 0.527. The minimum Gasteiger partial charge on any atom is -0.456 e. The van der Waals surface area contributed by atoms with E-state index < -0.39 is 11.2 Å². The lowest BCUT2D eigenvalue weighted by atomic mass is 9.80. The number of rotatable bonds is 2. The average Bonchev–Trinajstić information content (AvgIpc) is 3.14. The number of carbonyl (C=O) groups excluding carboxylic acids is 1. The van der Waals surface area contributed by atoms with Gasteiger partial charge in [-0.1, -0.05) is 0 Å². The Bertz CT molecular complexity index is 447. The monoisotopic (exact) mass is 328 g/mol. The molecule has 0 aliphatic carbocycles. The van der Waals surface area contributed by atoms with E-state index in [9.17, 15) is 4.79 Å². The van der Waals surface area contributed by atoms with Gasteiger partial charge in [0.15, 0.2) is 6.10 Å². The summed E-state index contributed by atoms with van der Waals surface area (Å²) in [5.74, 6) is -0.648. The fourth-order valence-electron chi connectivity index (χ4n) is 4.03. The van der Waals surface area contributed by atoms with E-state index in [4.69, 9.17) is 24.3 Å². The normalized spacial score (nSPS) is 35.7. The molecule has 4 aliphatic heterocycles.